The highest BCUT2D eigenvalue weighted by atomic mass is 32.2. The average molecular weight is 321 g/mol. The number of sulfonamides is 1. The van der Waals surface area contributed by atoms with Gasteiger partial charge in [-0.2, -0.15) is 0 Å². The number of nitrogens with one attached hydrogen (secondary N) is 1. The minimum absolute atomic E-state index is 0.0115. The van der Waals surface area contributed by atoms with Crippen LogP contribution >= 0.6 is 0 Å². The number of carboxylic acids is 1. The predicted molar refractivity (Wildman–Crippen MR) is 81.9 cm³/mol. The summed E-state index contributed by atoms with van der Waals surface area (Å²) in [6.45, 7) is 1.60. The van der Waals surface area contributed by atoms with E-state index in [9.17, 15) is 13.2 Å². The summed E-state index contributed by atoms with van der Waals surface area (Å²) in [4.78, 5) is 11.0. The van der Waals surface area contributed by atoms with Gasteiger partial charge in [-0.3, -0.25) is 4.72 Å². The molecular weight excluding hydrogens is 306 g/mol. The number of hydrogen-bond acceptors (Lipinski definition) is 4. The molecule has 0 aliphatic rings. The van der Waals surface area contributed by atoms with Crippen molar-refractivity contribution in [3.05, 3.63) is 53.6 Å². The molecule has 2 rings (SSSR count). The van der Waals surface area contributed by atoms with Gasteiger partial charge in [0.25, 0.3) is 10.0 Å². The number of carbonyl (C=O) groups is 1. The van der Waals surface area contributed by atoms with E-state index in [1.54, 1.807) is 25.1 Å². The number of aryl methyl sites for hydroxylation is 1. The summed E-state index contributed by atoms with van der Waals surface area (Å²) < 4.78 is 32.3. The van der Waals surface area contributed by atoms with Gasteiger partial charge in [0.15, 0.2) is 0 Å². The van der Waals surface area contributed by atoms with Crippen LogP contribution in [0.25, 0.3) is 0 Å². The standard InChI is InChI=1S/C15H15NO5S/c1-10-9-11(7-8-12(10)15(17)18)16-22(19,20)14-6-4-3-5-13(14)21-2/h3-9,16H,1-2H3,(H,17,18). The van der Waals surface area contributed by atoms with E-state index < -0.39 is 16.0 Å². The summed E-state index contributed by atoms with van der Waals surface area (Å²) in [6, 6.07) is 10.5. The van der Waals surface area contributed by atoms with E-state index >= 15 is 0 Å². The number of rotatable bonds is 5. The lowest BCUT2D eigenvalue weighted by molar-refractivity contribution is 0.0696. The van der Waals surface area contributed by atoms with Crippen LogP contribution in [-0.2, 0) is 10.0 Å². The van der Waals surface area contributed by atoms with Crippen molar-refractivity contribution in [1.29, 1.82) is 0 Å². The Bertz CT molecular complexity index is 814. The zero-order valence-corrected chi connectivity index (χ0v) is 12.8. The molecule has 0 unspecified atom stereocenters. The highest BCUT2D eigenvalue weighted by Gasteiger charge is 2.19. The molecule has 0 saturated carbocycles. The Labute approximate surface area is 128 Å². The third-order valence-electron chi connectivity index (χ3n) is 3.07. The Hall–Kier alpha value is -2.54. The van der Waals surface area contributed by atoms with E-state index in [2.05, 4.69) is 4.72 Å². The van der Waals surface area contributed by atoms with Gasteiger partial charge in [-0.15, -0.1) is 0 Å². The van der Waals surface area contributed by atoms with Crippen molar-refractivity contribution in [3.8, 4) is 5.75 Å². The van der Waals surface area contributed by atoms with Gasteiger partial charge in [-0.1, -0.05) is 12.1 Å². The van der Waals surface area contributed by atoms with Crippen molar-refractivity contribution < 1.29 is 23.1 Å². The number of aromatic carboxylic acids is 1. The molecule has 7 heteroatoms. The molecule has 2 aromatic rings. The van der Waals surface area contributed by atoms with Gasteiger partial charge in [0.05, 0.1) is 12.7 Å². The van der Waals surface area contributed by atoms with E-state index in [4.69, 9.17) is 9.84 Å². The van der Waals surface area contributed by atoms with Crippen molar-refractivity contribution in [2.45, 2.75) is 11.8 Å². The van der Waals surface area contributed by atoms with Crippen LogP contribution in [0.1, 0.15) is 15.9 Å². The minimum atomic E-state index is -3.83. The van der Waals surface area contributed by atoms with Gasteiger partial charge in [0.2, 0.25) is 0 Å². The molecule has 0 radical (unpaired) electrons. The normalized spacial score (nSPS) is 11.0. The maximum atomic E-state index is 12.4. The van der Waals surface area contributed by atoms with Gasteiger partial charge in [-0.05, 0) is 42.8 Å². The number of methoxy groups -OCH3 is 1. The zero-order valence-electron chi connectivity index (χ0n) is 12.0. The van der Waals surface area contributed by atoms with Crippen LogP contribution in [0.3, 0.4) is 0 Å². The number of hydrogen-bond donors (Lipinski definition) is 2. The monoisotopic (exact) mass is 321 g/mol. The van der Waals surface area contributed by atoms with Crippen molar-refractivity contribution in [2.24, 2.45) is 0 Å². The first-order valence-corrected chi connectivity index (χ1v) is 7.83. The molecule has 2 N–H and O–H groups in total. The van der Waals surface area contributed by atoms with Gasteiger partial charge in [0.1, 0.15) is 10.6 Å². The second-order valence-corrected chi connectivity index (χ2v) is 6.24. The molecule has 0 saturated heterocycles. The number of para-hydroxylation sites is 1. The Morgan fingerprint density at radius 2 is 1.86 bits per heavy atom. The van der Waals surface area contributed by atoms with E-state index in [0.717, 1.165) is 0 Å². The first kappa shape index (κ1) is 15.8. The quantitative estimate of drug-likeness (QED) is 0.882. The first-order valence-electron chi connectivity index (χ1n) is 6.35. The molecule has 0 spiro atoms. The summed E-state index contributed by atoms with van der Waals surface area (Å²) in [5.41, 5.74) is 0.876. The van der Waals surface area contributed by atoms with Gasteiger partial charge in [-0.25, -0.2) is 13.2 Å². The van der Waals surface area contributed by atoms with E-state index in [0.29, 0.717) is 5.56 Å². The van der Waals surface area contributed by atoms with Crippen LogP contribution in [0, 0.1) is 6.92 Å². The van der Waals surface area contributed by atoms with Crippen molar-refractivity contribution in [1.82, 2.24) is 0 Å². The lowest BCUT2D eigenvalue weighted by Gasteiger charge is -2.12. The van der Waals surface area contributed by atoms with Crippen LogP contribution in [0.4, 0.5) is 5.69 Å². The van der Waals surface area contributed by atoms with Gasteiger partial charge in [0, 0.05) is 5.69 Å². The molecule has 0 aliphatic heterocycles. The van der Waals surface area contributed by atoms with Crippen LogP contribution in [0.2, 0.25) is 0 Å². The lowest BCUT2D eigenvalue weighted by atomic mass is 10.1. The van der Waals surface area contributed by atoms with Crippen molar-refractivity contribution in [2.75, 3.05) is 11.8 Å². The highest BCUT2D eigenvalue weighted by molar-refractivity contribution is 7.92. The zero-order chi connectivity index (χ0) is 16.3. The molecular formula is C15H15NO5S. The topological polar surface area (TPSA) is 92.7 Å². The van der Waals surface area contributed by atoms with Crippen LogP contribution in [0.15, 0.2) is 47.4 Å². The fourth-order valence-corrected chi connectivity index (χ4v) is 3.24. The fraction of sp³-hybridized carbons (Fsp3) is 0.133. The average Bonchev–Trinajstić information content (AvgIpc) is 2.46. The number of carboxylic acid groups (broad SMARTS) is 1. The first-order chi connectivity index (χ1) is 10.3. The Morgan fingerprint density at radius 3 is 2.45 bits per heavy atom. The fourth-order valence-electron chi connectivity index (χ4n) is 2.02. The van der Waals surface area contributed by atoms with Crippen molar-refractivity contribution >= 4 is 21.7 Å². The van der Waals surface area contributed by atoms with Crippen molar-refractivity contribution in [3.63, 3.8) is 0 Å². The molecule has 0 fully saturated rings. The molecule has 6 nitrogen and oxygen atoms in total. The maximum Gasteiger partial charge on any atom is 0.335 e. The summed E-state index contributed by atoms with van der Waals surface area (Å²) in [5.74, 6) is -0.828. The Morgan fingerprint density at radius 1 is 1.18 bits per heavy atom. The van der Waals surface area contributed by atoms with Crippen LogP contribution < -0.4 is 9.46 Å². The highest BCUT2D eigenvalue weighted by Crippen LogP contribution is 2.26. The van der Waals surface area contributed by atoms with Gasteiger partial charge < -0.3 is 9.84 Å². The number of benzene rings is 2. The Balaban J connectivity index is 2.37. The molecule has 116 valence electrons. The Kier molecular flexibility index (Phi) is 4.37. The second-order valence-electron chi connectivity index (χ2n) is 4.59. The van der Waals surface area contributed by atoms with Gasteiger partial charge >= 0.3 is 5.97 Å². The SMILES string of the molecule is COc1ccccc1S(=O)(=O)Nc1ccc(C(=O)O)c(C)c1. The maximum absolute atomic E-state index is 12.4. The molecule has 0 aromatic heterocycles. The smallest absolute Gasteiger partial charge is 0.335 e. The molecule has 0 atom stereocenters. The minimum Gasteiger partial charge on any atom is -0.495 e. The molecule has 0 bridgehead atoms. The molecule has 22 heavy (non-hydrogen) atoms. The summed E-state index contributed by atoms with van der Waals surface area (Å²) in [5, 5.41) is 8.98. The largest absolute Gasteiger partial charge is 0.495 e. The number of ether oxygens (including phenoxy) is 1. The van der Waals surface area contributed by atoms with Crippen LogP contribution in [0.5, 0.6) is 5.75 Å². The van der Waals surface area contributed by atoms with E-state index in [-0.39, 0.29) is 21.9 Å². The number of anilines is 1. The van der Waals surface area contributed by atoms with Crippen LogP contribution in [-0.4, -0.2) is 26.6 Å². The third kappa shape index (κ3) is 3.20. The van der Waals surface area contributed by atoms with E-state index in [1.165, 1.54) is 31.4 Å². The second kappa shape index (κ2) is 6.07. The predicted octanol–water partition coefficient (Wildman–Crippen LogP) is 2.50. The lowest BCUT2D eigenvalue weighted by Crippen LogP contribution is -2.14. The molecule has 0 aliphatic carbocycles. The third-order valence-corrected chi connectivity index (χ3v) is 4.49. The molecule has 0 heterocycles. The summed E-state index contributed by atoms with van der Waals surface area (Å²) in [6.07, 6.45) is 0. The summed E-state index contributed by atoms with van der Waals surface area (Å²) in [7, 11) is -2.44. The summed E-state index contributed by atoms with van der Waals surface area (Å²) >= 11 is 0. The molecule has 2 aromatic carbocycles. The molecule has 0 amide bonds. The van der Waals surface area contributed by atoms with E-state index in [1.807, 2.05) is 0 Å².